The van der Waals surface area contributed by atoms with Crippen molar-refractivity contribution in [2.24, 2.45) is 0 Å². The van der Waals surface area contributed by atoms with E-state index in [2.05, 4.69) is 41.8 Å². The van der Waals surface area contributed by atoms with Crippen molar-refractivity contribution in [2.45, 2.75) is 33.1 Å². The average Bonchev–Trinajstić information content (AvgIpc) is 2.56. The molecular weight excluding hydrogens is 326 g/mol. The molecule has 0 saturated heterocycles. The molecule has 1 aromatic carbocycles. The molecule has 2 N–H and O–H groups in total. The second-order valence-electron chi connectivity index (χ2n) is 5.64. The summed E-state index contributed by atoms with van der Waals surface area (Å²) in [6.07, 6.45) is 0. The Morgan fingerprint density at radius 1 is 1.32 bits per heavy atom. The highest BCUT2D eigenvalue weighted by molar-refractivity contribution is 9.10. The highest BCUT2D eigenvalue weighted by Gasteiger charge is 2.25. The summed E-state index contributed by atoms with van der Waals surface area (Å²) in [5, 5.41) is 5.12. The number of nitrogens with two attached hydrogens (primary N) is 1. The van der Waals surface area contributed by atoms with Crippen LogP contribution in [0.4, 0.5) is 5.82 Å². The number of aromatic nitrogens is 2. The zero-order chi connectivity index (χ0) is 14.4. The molecule has 0 spiro atoms. The summed E-state index contributed by atoms with van der Waals surface area (Å²) in [4.78, 5) is 0. The first-order valence-electron chi connectivity index (χ1n) is 6.03. The van der Waals surface area contributed by atoms with Gasteiger partial charge >= 0.3 is 0 Å². The Kier molecular flexibility index (Phi) is 3.67. The van der Waals surface area contributed by atoms with Gasteiger partial charge in [0.05, 0.1) is 11.4 Å². The zero-order valence-electron chi connectivity index (χ0n) is 11.5. The van der Waals surface area contributed by atoms with Crippen LogP contribution in [0.15, 0.2) is 22.7 Å². The van der Waals surface area contributed by atoms with Gasteiger partial charge in [0.1, 0.15) is 10.8 Å². The quantitative estimate of drug-likeness (QED) is 0.830. The first kappa shape index (κ1) is 14.4. The third-order valence-corrected chi connectivity index (χ3v) is 3.82. The maximum absolute atomic E-state index is 6.31. The minimum Gasteiger partial charge on any atom is -0.382 e. The van der Waals surface area contributed by atoms with Crippen LogP contribution in [0.1, 0.15) is 32.0 Å². The maximum Gasteiger partial charge on any atom is 0.146 e. The van der Waals surface area contributed by atoms with Crippen molar-refractivity contribution in [1.82, 2.24) is 9.78 Å². The fraction of sp³-hybridized carbons (Fsp3) is 0.357. The zero-order valence-corrected chi connectivity index (χ0v) is 13.8. The van der Waals surface area contributed by atoms with Crippen LogP contribution < -0.4 is 5.73 Å². The normalized spacial score (nSPS) is 11.9. The Morgan fingerprint density at radius 2 is 1.95 bits per heavy atom. The van der Waals surface area contributed by atoms with Gasteiger partial charge in [-0.25, -0.2) is 4.68 Å². The molecule has 2 aromatic rings. The topological polar surface area (TPSA) is 43.8 Å². The number of hydrogen-bond acceptors (Lipinski definition) is 2. The summed E-state index contributed by atoms with van der Waals surface area (Å²) in [5.41, 5.74) is 8.80. The Balaban J connectivity index is 2.64. The predicted molar refractivity (Wildman–Crippen MR) is 84.1 cm³/mol. The minimum atomic E-state index is -0.139. The summed E-state index contributed by atoms with van der Waals surface area (Å²) in [6.45, 7) is 8.23. The predicted octanol–water partition coefficient (Wildman–Crippen LogP) is 4.48. The molecule has 3 nitrogen and oxygen atoms in total. The SMILES string of the molecule is Cc1cc(Br)ccc1-n1nc(C(C)(C)C)c(Cl)c1N. The molecule has 0 amide bonds. The molecule has 1 aromatic heterocycles. The summed E-state index contributed by atoms with van der Waals surface area (Å²) >= 11 is 9.77. The molecule has 0 fully saturated rings. The number of benzene rings is 1. The lowest BCUT2D eigenvalue weighted by atomic mass is 9.92. The van der Waals surface area contributed by atoms with Gasteiger partial charge in [0.2, 0.25) is 0 Å². The molecule has 1 heterocycles. The summed E-state index contributed by atoms with van der Waals surface area (Å²) in [6, 6.07) is 5.97. The van der Waals surface area contributed by atoms with E-state index in [-0.39, 0.29) is 5.41 Å². The maximum atomic E-state index is 6.31. The van der Waals surface area contributed by atoms with Crippen molar-refractivity contribution < 1.29 is 0 Å². The molecule has 102 valence electrons. The molecule has 2 rings (SSSR count). The lowest BCUT2D eigenvalue weighted by Crippen LogP contribution is -2.13. The lowest BCUT2D eigenvalue weighted by molar-refractivity contribution is 0.560. The number of rotatable bonds is 1. The number of nitrogens with zero attached hydrogens (tertiary/aromatic N) is 2. The fourth-order valence-corrected chi connectivity index (χ4v) is 2.81. The van der Waals surface area contributed by atoms with Gasteiger partial charge in [-0.1, -0.05) is 48.3 Å². The van der Waals surface area contributed by atoms with E-state index in [0.717, 1.165) is 21.4 Å². The van der Waals surface area contributed by atoms with E-state index in [9.17, 15) is 0 Å². The van der Waals surface area contributed by atoms with Crippen molar-refractivity contribution in [3.05, 3.63) is 39.0 Å². The third-order valence-electron chi connectivity index (χ3n) is 2.96. The van der Waals surface area contributed by atoms with Crippen LogP contribution in [0.5, 0.6) is 0 Å². The smallest absolute Gasteiger partial charge is 0.146 e. The van der Waals surface area contributed by atoms with Crippen molar-refractivity contribution >= 4 is 33.3 Å². The summed E-state index contributed by atoms with van der Waals surface area (Å²) < 4.78 is 2.74. The highest BCUT2D eigenvalue weighted by Crippen LogP contribution is 2.34. The molecule has 0 aliphatic rings. The summed E-state index contributed by atoms with van der Waals surface area (Å²) in [5.74, 6) is 0.483. The second kappa shape index (κ2) is 4.84. The molecular formula is C14H17BrClN3. The van der Waals surface area contributed by atoms with Crippen LogP contribution in [0.3, 0.4) is 0 Å². The van der Waals surface area contributed by atoms with Crippen LogP contribution >= 0.6 is 27.5 Å². The van der Waals surface area contributed by atoms with Crippen LogP contribution in [0, 0.1) is 6.92 Å². The Bertz CT molecular complexity index is 626. The Morgan fingerprint density at radius 3 is 2.42 bits per heavy atom. The molecule has 0 aliphatic heterocycles. The first-order valence-corrected chi connectivity index (χ1v) is 7.20. The van der Waals surface area contributed by atoms with E-state index in [1.807, 2.05) is 25.1 Å². The van der Waals surface area contributed by atoms with Gasteiger partial charge in [0, 0.05) is 9.89 Å². The monoisotopic (exact) mass is 341 g/mol. The van der Waals surface area contributed by atoms with E-state index in [4.69, 9.17) is 17.3 Å². The molecule has 0 aliphatic carbocycles. The van der Waals surface area contributed by atoms with E-state index >= 15 is 0 Å². The van der Waals surface area contributed by atoms with E-state index in [0.29, 0.717) is 10.8 Å². The largest absolute Gasteiger partial charge is 0.382 e. The molecule has 0 bridgehead atoms. The van der Waals surface area contributed by atoms with E-state index in [1.165, 1.54) is 0 Å². The van der Waals surface area contributed by atoms with Gasteiger partial charge in [-0.05, 0) is 30.7 Å². The van der Waals surface area contributed by atoms with Crippen molar-refractivity contribution in [1.29, 1.82) is 0 Å². The van der Waals surface area contributed by atoms with Crippen molar-refractivity contribution in [3.8, 4) is 5.69 Å². The van der Waals surface area contributed by atoms with E-state index < -0.39 is 0 Å². The molecule has 5 heteroatoms. The number of anilines is 1. The van der Waals surface area contributed by atoms with Gasteiger partial charge in [-0.15, -0.1) is 0 Å². The minimum absolute atomic E-state index is 0.139. The molecule has 0 atom stereocenters. The number of nitrogen functional groups attached to an aromatic ring is 1. The van der Waals surface area contributed by atoms with Crippen molar-refractivity contribution in [3.63, 3.8) is 0 Å². The van der Waals surface area contributed by atoms with Crippen LogP contribution in [-0.2, 0) is 5.41 Å². The van der Waals surface area contributed by atoms with Crippen LogP contribution in [-0.4, -0.2) is 9.78 Å². The number of hydrogen-bond donors (Lipinski definition) is 1. The highest BCUT2D eigenvalue weighted by atomic mass is 79.9. The third kappa shape index (κ3) is 2.65. The number of aryl methyl sites for hydroxylation is 1. The van der Waals surface area contributed by atoms with Crippen LogP contribution in [0.2, 0.25) is 5.02 Å². The molecule has 0 saturated carbocycles. The molecule has 0 unspecified atom stereocenters. The second-order valence-corrected chi connectivity index (χ2v) is 6.93. The van der Waals surface area contributed by atoms with Gasteiger partial charge < -0.3 is 5.73 Å². The fourth-order valence-electron chi connectivity index (χ4n) is 1.93. The van der Waals surface area contributed by atoms with Gasteiger partial charge in [-0.3, -0.25) is 0 Å². The van der Waals surface area contributed by atoms with E-state index in [1.54, 1.807) is 4.68 Å². The van der Waals surface area contributed by atoms with Gasteiger partial charge in [0.15, 0.2) is 0 Å². The average molecular weight is 343 g/mol. The van der Waals surface area contributed by atoms with Gasteiger partial charge in [-0.2, -0.15) is 5.10 Å². The molecule has 0 radical (unpaired) electrons. The molecule has 19 heavy (non-hydrogen) atoms. The summed E-state index contributed by atoms with van der Waals surface area (Å²) in [7, 11) is 0. The van der Waals surface area contributed by atoms with Gasteiger partial charge in [0.25, 0.3) is 0 Å². The first-order chi connectivity index (χ1) is 8.71. The number of halogens is 2. The standard InChI is InChI=1S/C14H17BrClN3/c1-8-7-9(15)5-6-10(8)19-13(17)11(16)12(18-19)14(2,3)4/h5-7H,17H2,1-4H3. The lowest BCUT2D eigenvalue weighted by Gasteiger charge is -2.15. The Hall–Kier alpha value is -1.00. The van der Waals surface area contributed by atoms with Crippen LogP contribution in [0.25, 0.3) is 5.69 Å². The Labute approximate surface area is 126 Å². The van der Waals surface area contributed by atoms with Crippen molar-refractivity contribution in [2.75, 3.05) is 5.73 Å².